The van der Waals surface area contributed by atoms with Gasteiger partial charge in [-0.2, -0.15) is 0 Å². The van der Waals surface area contributed by atoms with Crippen molar-refractivity contribution in [2.24, 2.45) is 0 Å². The van der Waals surface area contributed by atoms with E-state index < -0.39 is 11.7 Å². The first-order valence-corrected chi connectivity index (χ1v) is 4.16. The Morgan fingerprint density at radius 3 is 2.93 bits per heavy atom. The van der Waals surface area contributed by atoms with Crippen LogP contribution in [0.15, 0.2) is 24.4 Å². The van der Waals surface area contributed by atoms with Gasteiger partial charge in [0.05, 0.1) is 11.9 Å². The van der Waals surface area contributed by atoms with Gasteiger partial charge in [-0.3, -0.25) is 4.79 Å². The zero-order chi connectivity index (χ0) is 10.7. The third-order valence-corrected chi connectivity index (χ3v) is 1.74. The van der Waals surface area contributed by atoms with Crippen LogP contribution in [-0.4, -0.2) is 10.9 Å². The lowest BCUT2D eigenvalue weighted by Crippen LogP contribution is -2.12. The van der Waals surface area contributed by atoms with Gasteiger partial charge >= 0.3 is 0 Å². The fourth-order valence-corrected chi connectivity index (χ4v) is 0.890. The van der Waals surface area contributed by atoms with Crippen molar-refractivity contribution in [3.63, 3.8) is 0 Å². The highest BCUT2D eigenvalue weighted by Gasteiger charge is 2.07. The number of hydrogen-bond acceptors (Lipinski definition) is 2. The van der Waals surface area contributed by atoms with Gasteiger partial charge in [-0.1, -0.05) is 18.2 Å². The van der Waals surface area contributed by atoms with Crippen LogP contribution in [0.4, 0.5) is 10.1 Å². The van der Waals surface area contributed by atoms with Crippen LogP contribution < -0.4 is 5.32 Å². The molecule has 0 aliphatic rings. The second-order valence-corrected chi connectivity index (χ2v) is 3.08. The first kappa shape index (κ1) is 10.7. The Labute approximate surface area is 85.6 Å². The largest absolute Gasteiger partial charge is 0.320 e. The second kappa shape index (κ2) is 4.19. The quantitative estimate of drug-likeness (QED) is 0.607. The molecule has 1 heterocycles. The lowest BCUT2D eigenvalue weighted by Gasteiger charge is -2.05. The van der Waals surface area contributed by atoms with Crippen LogP contribution in [0.2, 0.25) is 5.15 Å². The van der Waals surface area contributed by atoms with Crippen LogP contribution in [0.25, 0.3) is 0 Å². The molecule has 1 rings (SSSR count). The van der Waals surface area contributed by atoms with Crippen LogP contribution in [0, 0.1) is 5.82 Å². The molecule has 1 N–H and O–H groups in total. The standard InChI is InChI=1S/C9H8ClFN2O/c1-5(2)9(14)13-7-3-6(11)4-12-8(7)10/h3-4H,1H2,2H3,(H,13,14). The number of carbonyl (C=O) groups is 1. The zero-order valence-electron chi connectivity index (χ0n) is 7.47. The van der Waals surface area contributed by atoms with Crippen LogP contribution in [0.3, 0.4) is 0 Å². The normalized spacial score (nSPS) is 9.64. The number of pyridine rings is 1. The SMILES string of the molecule is C=C(C)C(=O)Nc1cc(F)cnc1Cl. The molecular weight excluding hydrogens is 207 g/mol. The maximum atomic E-state index is 12.7. The van der Waals surface area contributed by atoms with E-state index in [1.54, 1.807) is 0 Å². The fourth-order valence-electron chi connectivity index (χ4n) is 0.739. The van der Waals surface area contributed by atoms with Crippen molar-refractivity contribution in [3.05, 3.63) is 35.4 Å². The van der Waals surface area contributed by atoms with Crippen molar-refractivity contribution in [1.29, 1.82) is 0 Å². The Hall–Kier alpha value is -1.42. The summed E-state index contributed by atoms with van der Waals surface area (Å²) in [6.45, 7) is 4.97. The van der Waals surface area contributed by atoms with Gasteiger partial charge in [0.25, 0.3) is 5.91 Å². The smallest absolute Gasteiger partial charge is 0.250 e. The van der Waals surface area contributed by atoms with E-state index in [4.69, 9.17) is 11.6 Å². The maximum absolute atomic E-state index is 12.7. The number of anilines is 1. The summed E-state index contributed by atoms with van der Waals surface area (Å²) < 4.78 is 12.7. The summed E-state index contributed by atoms with van der Waals surface area (Å²) in [7, 11) is 0. The van der Waals surface area contributed by atoms with E-state index in [-0.39, 0.29) is 10.8 Å². The van der Waals surface area contributed by atoms with Crippen molar-refractivity contribution in [2.75, 3.05) is 5.32 Å². The molecule has 0 unspecified atom stereocenters. The minimum atomic E-state index is -0.564. The molecule has 0 saturated heterocycles. The number of aromatic nitrogens is 1. The van der Waals surface area contributed by atoms with Gasteiger partial charge in [0.15, 0.2) is 5.15 Å². The number of nitrogens with one attached hydrogen (secondary N) is 1. The molecule has 74 valence electrons. The monoisotopic (exact) mass is 214 g/mol. The molecule has 0 aliphatic heterocycles. The van der Waals surface area contributed by atoms with Gasteiger partial charge in [-0.05, 0) is 6.92 Å². The van der Waals surface area contributed by atoms with Crippen LogP contribution >= 0.6 is 11.6 Å². The Bertz CT molecular complexity index is 392. The Kier molecular flexibility index (Phi) is 3.19. The van der Waals surface area contributed by atoms with E-state index >= 15 is 0 Å². The number of carbonyl (C=O) groups excluding carboxylic acids is 1. The van der Waals surface area contributed by atoms with Crippen molar-refractivity contribution >= 4 is 23.2 Å². The molecule has 1 aromatic heterocycles. The van der Waals surface area contributed by atoms with Gasteiger partial charge in [0.1, 0.15) is 5.82 Å². The third-order valence-electron chi connectivity index (χ3n) is 1.44. The average Bonchev–Trinajstić information content (AvgIpc) is 2.11. The molecular formula is C9H8ClFN2O. The zero-order valence-corrected chi connectivity index (χ0v) is 8.23. The second-order valence-electron chi connectivity index (χ2n) is 2.73. The molecule has 0 fully saturated rings. The minimum Gasteiger partial charge on any atom is -0.320 e. The highest BCUT2D eigenvalue weighted by molar-refractivity contribution is 6.32. The number of hydrogen-bond donors (Lipinski definition) is 1. The van der Waals surface area contributed by atoms with Crippen molar-refractivity contribution < 1.29 is 9.18 Å². The third kappa shape index (κ3) is 2.53. The van der Waals surface area contributed by atoms with Gasteiger partial charge in [0, 0.05) is 11.6 Å². The Morgan fingerprint density at radius 2 is 2.36 bits per heavy atom. The first-order valence-electron chi connectivity index (χ1n) is 3.78. The van der Waals surface area contributed by atoms with Gasteiger partial charge in [-0.15, -0.1) is 0 Å². The average molecular weight is 215 g/mol. The van der Waals surface area contributed by atoms with Crippen LogP contribution in [-0.2, 0) is 4.79 Å². The molecule has 3 nitrogen and oxygen atoms in total. The van der Waals surface area contributed by atoms with E-state index in [9.17, 15) is 9.18 Å². The summed E-state index contributed by atoms with van der Waals surface area (Å²) in [6.07, 6.45) is 0.971. The molecule has 0 bridgehead atoms. The summed E-state index contributed by atoms with van der Waals surface area (Å²) in [5, 5.41) is 2.42. The highest BCUT2D eigenvalue weighted by atomic mass is 35.5. The summed E-state index contributed by atoms with van der Waals surface area (Å²) in [4.78, 5) is 14.7. The Morgan fingerprint density at radius 1 is 1.71 bits per heavy atom. The van der Waals surface area contributed by atoms with Crippen molar-refractivity contribution in [3.8, 4) is 0 Å². The molecule has 0 spiro atoms. The molecule has 0 saturated carbocycles. The molecule has 1 amide bonds. The number of rotatable bonds is 2. The number of amides is 1. The molecule has 1 aromatic rings. The number of halogens is 2. The predicted octanol–water partition coefficient (Wildman–Crippen LogP) is 2.39. The van der Waals surface area contributed by atoms with Crippen molar-refractivity contribution in [1.82, 2.24) is 4.98 Å². The van der Waals surface area contributed by atoms with E-state index in [1.807, 2.05) is 0 Å². The van der Waals surface area contributed by atoms with E-state index in [0.29, 0.717) is 5.57 Å². The first-order chi connectivity index (χ1) is 6.50. The molecule has 5 heteroatoms. The summed E-state index contributed by atoms with van der Waals surface area (Å²) in [5.41, 5.74) is 0.449. The summed E-state index contributed by atoms with van der Waals surface area (Å²) in [5.74, 6) is -0.981. The fraction of sp³-hybridized carbons (Fsp3) is 0.111. The van der Waals surface area contributed by atoms with E-state index in [1.165, 1.54) is 6.92 Å². The predicted molar refractivity (Wildman–Crippen MR) is 52.6 cm³/mol. The minimum absolute atomic E-state index is 0.0426. The van der Waals surface area contributed by atoms with E-state index in [2.05, 4.69) is 16.9 Å². The van der Waals surface area contributed by atoms with Gasteiger partial charge in [-0.25, -0.2) is 9.37 Å². The topological polar surface area (TPSA) is 42.0 Å². The van der Waals surface area contributed by atoms with Gasteiger partial charge < -0.3 is 5.32 Å². The maximum Gasteiger partial charge on any atom is 0.250 e. The van der Waals surface area contributed by atoms with Crippen molar-refractivity contribution in [2.45, 2.75) is 6.92 Å². The molecule has 0 aromatic carbocycles. The molecule has 0 radical (unpaired) electrons. The van der Waals surface area contributed by atoms with Crippen LogP contribution in [0.5, 0.6) is 0 Å². The van der Waals surface area contributed by atoms with Crippen LogP contribution in [0.1, 0.15) is 6.92 Å². The van der Waals surface area contributed by atoms with E-state index in [0.717, 1.165) is 12.3 Å². The molecule has 0 atom stereocenters. The highest BCUT2D eigenvalue weighted by Crippen LogP contribution is 2.19. The summed E-state index contributed by atoms with van der Waals surface area (Å²) >= 11 is 5.62. The molecule has 14 heavy (non-hydrogen) atoms. The Balaban J connectivity index is 2.91. The lowest BCUT2D eigenvalue weighted by molar-refractivity contribution is -0.112. The lowest BCUT2D eigenvalue weighted by atomic mass is 10.3. The number of nitrogens with zero attached hydrogens (tertiary/aromatic N) is 1. The van der Waals surface area contributed by atoms with Gasteiger partial charge in [0.2, 0.25) is 0 Å². The summed E-state index contributed by atoms with van der Waals surface area (Å²) in [6, 6.07) is 1.09. The molecule has 0 aliphatic carbocycles.